The summed E-state index contributed by atoms with van der Waals surface area (Å²) in [6.45, 7) is 5.21. The quantitative estimate of drug-likeness (QED) is 0.133. The molecule has 2 N–H and O–H groups in total. The van der Waals surface area contributed by atoms with Crippen molar-refractivity contribution in [1.29, 1.82) is 0 Å². The number of aliphatic hydroxyl groups excluding tert-OH is 1. The standard InChI is InChI=1S/C17H31NO5.K/c1-4-7-8-9-10-11-12-18(13-19,14(5-2)16(20)21)15(6-3)17(22)23;/h9-10,14-15,19H,4-8,11-13H2,1-3H3,(H-,20,21,22,23);/q;+1/b10-9+;. The zero-order valence-electron chi connectivity index (χ0n) is 15.5. The molecule has 0 aliphatic carbocycles. The largest absolute Gasteiger partial charge is 1.00 e. The first-order chi connectivity index (χ1) is 10.9. The SMILES string of the molecule is CCCC/C=C/CC[N+](CO)(C(CC)C(=O)[O-])C(CC)C(=O)O.[K+]. The summed E-state index contributed by atoms with van der Waals surface area (Å²) in [5, 5.41) is 30.9. The summed E-state index contributed by atoms with van der Waals surface area (Å²) in [6, 6.07) is -2.00. The van der Waals surface area contributed by atoms with Crippen LogP contribution in [0.1, 0.15) is 59.3 Å². The Morgan fingerprint density at radius 2 is 1.62 bits per heavy atom. The van der Waals surface area contributed by atoms with E-state index in [1.807, 2.05) is 12.2 Å². The van der Waals surface area contributed by atoms with E-state index < -0.39 is 30.8 Å². The van der Waals surface area contributed by atoms with Gasteiger partial charge in [-0.1, -0.05) is 45.8 Å². The number of quaternary nitrogens is 1. The molecule has 0 rings (SSSR count). The Balaban J connectivity index is 0. The second kappa shape index (κ2) is 14.4. The van der Waals surface area contributed by atoms with Crippen LogP contribution in [0.4, 0.5) is 0 Å². The van der Waals surface area contributed by atoms with Gasteiger partial charge in [-0.05, 0) is 6.42 Å². The minimum atomic E-state index is -1.31. The first-order valence-electron chi connectivity index (χ1n) is 8.47. The molecule has 0 radical (unpaired) electrons. The number of carbonyl (C=O) groups excluding carboxylic acids is 1. The van der Waals surface area contributed by atoms with Crippen LogP contribution in [0.2, 0.25) is 0 Å². The molecule has 134 valence electrons. The molecule has 0 heterocycles. The van der Waals surface area contributed by atoms with Gasteiger partial charge in [0.15, 0.2) is 12.8 Å². The number of rotatable bonds is 13. The number of hydrogen-bond acceptors (Lipinski definition) is 4. The Hall–Kier alpha value is 0.236. The van der Waals surface area contributed by atoms with Crippen molar-refractivity contribution in [2.24, 2.45) is 0 Å². The van der Waals surface area contributed by atoms with Gasteiger partial charge in [0, 0.05) is 19.3 Å². The Morgan fingerprint density at radius 1 is 1.08 bits per heavy atom. The first-order valence-corrected chi connectivity index (χ1v) is 8.47. The fourth-order valence-corrected chi connectivity index (χ4v) is 3.17. The molecule has 0 aliphatic heterocycles. The van der Waals surface area contributed by atoms with Crippen LogP contribution in [-0.4, -0.2) is 52.0 Å². The first kappa shape index (κ1) is 26.5. The molecule has 0 saturated carbocycles. The Kier molecular flexibility index (Phi) is 15.9. The fraction of sp³-hybridized carbons (Fsp3) is 0.765. The van der Waals surface area contributed by atoms with Gasteiger partial charge in [0.25, 0.3) is 0 Å². The number of nitrogens with zero attached hydrogens (tertiary/aromatic N) is 1. The second-order valence-electron chi connectivity index (χ2n) is 5.88. The van der Waals surface area contributed by atoms with Gasteiger partial charge in [-0.2, -0.15) is 0 Å². The van der Waals surface area contributed by atoms with Crippen molar-refractivity contribution < 1.29 is 80.8 Å². The van der Waals surface area contributed by atoms with Gasteiger partial charge in [-0.3, -0.25) is 4.48 Å². The maximum atomic E-state index is 11.6. The molecule has 0 aromatic rings. The number of carbonyl (C=O) groups is 2. The molecule has 6 nitrogen and oxygen atoms in total. The van der Waals surface area contributed by atoms with Gasteiger partial charge >= 0.3 is 57.4 Å². The van der Waals surface area contributed by atoms with E-state index >= 15 is 0 Å². The molecule has 0 aromatic heterocycles. The molecule has 24 heavy (non-hydrogen) atoms. The van der Waals surface area contributed by atoms with Crippen LogP contribution in [0, 0.1) is 0 Å². The maximum absolute atomic E-state index is 11.6. The maximum Gasteiger partial charge on any atom is 1.00 e. The minimum absolute atomic E-state index is 0. The molecule has 7 heteroatoms. The summed E-state index contributed by atoms with van der Waals surface area (Å²) in [5.41, 5.74) is 0. The van der Waals surface area contributed by atoms with E-state index in [2.05, 4.69) is 6.92 Å². The number of hydrogen-bond donors (Lipinski definition) is 2. The van der Waals surface area contributed by atoms with Gasteiger partial charge in [0.1, 0.15) is 6.04 Å². The van der Waals surface area contributed by atoms with E-state index in [1.54, 1.807) is 13.8 Å². The molecule has 0 aliphatic rings. The number of unbranched alkanes of at least 4 members (excludes halogenated alkanes) is 2. The van der Waals surface area contributed by atoms with E-state index in [-0.39, 0.29) is 75.3 Å². The molecule has 0 aromatic carbocycles. The van der Waals surface area contributed by atoms with Crippen LogP contribution >= 0.6 is 0 Å². The monoisotopic (exact) mass is 368 g/mol. The third kappa shape index (κ3) is 7.64. The number of allylic oxidation sites excluding steroid dienone is 1. The summed E-state index contributed by atoms with van der Waals surface area (Å²) >= 11 is 0. The molecule has 3 atom stereocenters. The molecular formula is C17H31KNO5+. The van der Waals surface area contributed by atoms with Crippen molar-refractivity contribution >= 4 is 11.9 Å². The van der Waals surface area contributed by atoms with Gasteiger partial charge < -0.3 is 20.1 Å². The van der Waals surface area contributed by atoms with Gasteiger partial charge in [0.05, 0.1) is 12.5 Å². The number of aliphatic hydroxyl groups is 1. The number of aliphatic carboxylic acids is 2. The predicted octanol–water partition coefficient (Wildman–Crippen LogP) is -1.71. The molecule has 0 amide bonds. The summed E-state index contributed by atoms with van der Waals surface area (Å²) in [6.07, 6.45) is 8.08. The average molecular weight is 369 g/mol. The van der Waals surface area contributed by atoms with Gasteiger partial charge in [-0.25, -0.2) is 4.79 Å². The summed E-state index contributed by atoms with van der Waals surface area (Å²) < 4.78 is -0.386. The smallest absolute Gasteiger partial charge is 0.544 e. The van der Waals surface area contributed by atoms with Crippen LogP contribution in [-0.2, 0) is 9.59 Å². The Morgan fingerprint density at radius 3 is 2.00 bits per heavy atom. The van der Waals surface area contributed by atoms with Gasteiger partial charge in [-0.15, -0.1) is 0 Å². The summed E-state index contributed by atoms with van der Waals surface area (Å²) in [5.74, 6) is -2.40. The van der Waals surface area contributed by atoms with Crippen LogP contribution in [0.15, 0.2) is 12.2 Å². The van der Waals surface area contributed by atoms with E-state index in [1.165, 1.54) is 0 Å². The molecule has 0 spiro atoms. The van der Waals surface area contributed by atoms with Crippen LogP contribution in [0.25, 0.3) is 0 Å². The van der Waals surface area contributed by atoms with Crippen molar-refractivity contribution in [1.82, 2.24) is 0 Å². The third-order valence-corrected chi connectivity index (χ3v) is 4.44. The van der Waals surface area contributed by atoms with Gasteiger partial charge in [0.2, 0.25) is 0 Å². The predicted molar refractivity (Wildman–Crippen MR) is 86.3 cm³/mol. The van der Waals surface area contributed by atoms with Crippen LogP contribution in [0.3, 0.4) is 0 Å². The normalized spacial score (nSPS) is 16.2. The summed E-state index contributed by atoms with van der Waals surface area (Å²) in [4.78, 5) is 23.1. The van der Waals surface area contributed by atoms with Crippen LogP contribution in [0.5, 0.6) is 0 Å². The van der Waals surface area contributed by atoms with Crippen molar-refractivity contribution in [3.8, 4) is 0 Å². The second-order valence-corrected chi connectivity index (χ2v) is 5.88. The molecule has 0 bridgehead atoms. The third-order valence-electron chi connectivity index (χ3n) is 4.44. The molecular weight excluding hydrogens is 337 g/mol. The zero-order valence-corrected chi connectivity index (χ0v) is 18.7. The molecule has 0 fully saturated rings. The number of carboxylic acids is 2. The Labute approximate surface area is 187 Å². The van der Waals surface area contributed by atoms with Crippen LogP contribution < -0.4 is 56.5 Å². The van der Waals surface area contributed by atoms with E-state index in [0.717, 1.165) is 19.3 Å². The Bertz CT molecular complexity index is 378. The zero-order chi connectivity index (χ0) is 17.9. The topological polar surface area (TPSA) is 97.7 Å². The average Bonchev–Trinajstić information content (AvgIpc) is 2.50. The number of carboxylic acid groups (broad SMARTS) is 2. The van der Waals surface area contributed by atoms with E-state index in [0.29, 0.717) is 6.42 Å². The van der Waals surface area contributed by atoms with Crippen molar-refractivity contribution in [2.45, 2.75) is 71.4 Å². The fourth-order valence-electron chi connectivity index (χ4n) is 3.17. The van der Waals surface area contributed by atoms with Crippen molar-refractivity contribution in [2.75, 3.05) is 13.3 Å². The van der Waals surface area contributed by atoms with Crippen molar-refractivity contribution in [3.05, 3.63) is 12.2 Å². The van der Waals surface area contributed by atoms with E-state index in [9.17, 15) is 24.9 Å². The minimum Gasteiger partial charge on any atom is -0.544 e. The van der Waals surface area contributed by atoms with E-state index in [4.69, 9.17) is 0 Å². The van der Waals surface area contributed by atoms with Crippen molar-refractivity contribution in [3.63, 3.8) is 0 Å². The molecule has 3 unspecified atom stereocenters. The summed E-state index contributed by atoms with van der Waals surface area (Å²) in [7, 11) is 0. The molecule has 0 saturated heterocycles.